The van der Waals surface area contributed by atoms with Crippen molar-refractivity contribution < 1.29 is 4.42 Å². The first-order chi connectivity index (χ1) is 6.72. The second kappa shape index (κ2) is 5.78. The van der Waals surface area contributed by atoms with Crippen molar-refractivity contribution in [3.05, 3.63) is 24.2 Å². The van der Waals surface area contributed by atoms with Crippen LogP contribution in [0.5, 0.6) is 0 Å². The molecule has 1 heterocycles. The van der Waals surface area contributed by atoms with E-state index in [1.54, 1.807) is 6.26 Å². The third kappa shape index (κ3) is 3.89. The maximum atomic E-state index is 5.45. The van der Waals surface area contributed by atoms with E-state index in [2.05, 4.69) is 11.8 Å². The van der Waals surface area contributed by atoms with E-state index in [0.717, 1.165) is 31.8 Å². The molecular weight excluding hydrogens is 196 g/mol. The van der Waals surface area contributed by atoms with E-state index in [-0.39, 0.29) is 0 Å². The molecule has 0 atom stereocenters. The number of hydrogen-bond donors (Lipinski definition) is 1. The van der Waals surface area contributed by atoms with Crippen molar-refractivity contribution in [2.24, 2.45) is 5.73 Å². The van der Waals surface area contributed by atoms with Crippen molar-refractivity contribution in [3.63, 3.8) is 0 Å². The van der Waals surface area contributed by atoms with Crippen LogP contribution in [0.3, 0.4) is 0 Å². The molecule has 0 saturated heterocycles. The van der Waals surface area contributed by atoms with Crippen molar-refractivity contribution >= 4 is 17.2 Å². The van der Waals surface area contributed by atoms with Gasteiger partial charge in [-0.05, 0) is 18.7 Å². The lowest BCUT2D eigenvalue weighted by atomic mass is 10.3. The smallest absolute Gasteiger partial charge is 0.117 e. The summed E-state index contributed by atoms with van der Waals surface area (Å²) in [6, 6.07) is 3.88. The molecule has 1 aromatic heterocycles. The van der Waals surface area contributed by atoms with E-state index in [9.17, 15) is 0 Å². The van der Waals surface area contributed by atoms with Gasteiger partial charge in [0, 0.05) is 13.0 Å². The van der Waals surface area contributed by atoms with E-state index in [1.165, 1.54) is 0 Å². The molecule has 1 aromatic rings. The van der Waals surface area contributed by atoms with Gasteiger partial charge >= 0.3 is 0 Å². The van der Waals surface area contributed by atoms with Gasteiger partial charge in [-0.1, -0.05) is 19.1 Å². The quantitative estimate of drug-likeness (QED) is 0.730. The first-order valence-corrected chi connectivity index (χ1v) is 5.16. The molecule has 0 spiro atoms. The van der Waals surface area contributed by atoms with Crippen molar-refractivity contribution in [2.45, 2.75) is 19.9 Å². The van der Waals surface area contributed by atoms with Gasteiger partial charge in [-0.2, -0.15) is 0 Å². The van der Waals surface area contributed by atoms with Gasteiger partial charge in [0.15, 0.2) is 0 Å². The summed E-state index contributed by atoms with van der Waals surface area (Å²) >= 11 is 4.84. The molecule has 0 unspecified atom stereocenters. The zero-order valence-corrected chi connectivity index (χ0v) is 9.22. The monoisotopic (exact) mass is 212 g/mol. The van der Waals surface area contributed by atoms with E-state index in [1.807, 2.05) is 12.1 Å². The fourth-order valence-corrected chi connectivity index (χ4v) is 1.33. The highest BCUT2D eigenvalue weighted by Gasteiger charge is 2.05. The third-order valence-electron chi connectivity index (χ3n) is 2.08. The largest absolute Gasteiger partial charge is 0.468 e. The average Bonchev–Trinajstić information content (AvgIpc) is 2.64. The Morgan fingerprint density at radius 2 is 2.43 bits per heavy atom. The van der Waals surface area contributed by atoms with Gasteiger partial charge in [0.2, 0.25) is 0 Å². The number of thiocarbonyl (C=S) groups is 1. The van der Waals surface area contributed by atoms with Gasteiger partial charge in [0.05, 0.1) is 17.8 Å². The molecule has 0 aliphatic rings. The molecule has 0 bridgehead atoms. The van der Waals surface area contributed by atoms with Crippen LogP contribution in [0, 0.1) is 0 Å². The van der Waals surface area contributed by atoms with Crippen molar-refractivity contribution in [1.29, 1.82) is 0 Å². The fourth-order valence-electron chi connectivity index (χ4n) is 1.24. The maximum absolute atomic E-state index is 5.45. The molecule has 0 amide bonds. The first kappa shape index (κ1) is 11.2. The van der Waals surface area contributed by atoms with Crippen LogP contribution in [-0.2, 0) is 6.54 Å². The summed E-state index contributed by atoms with van der Waals surface area (Å²) in [5, 5.41) is 0. The van der Waals surface area contributed by atoms with Crippen molar-refractivity contribution in [1.82, 2.24) is 4.90 Å². The lowest BCUT2D eigenvalue weighted by Gasteiger charge is -2.18. The van der Waals surface area contributed by atoms with Crippen LogP contribution < -0.4 is 5.73 Å². The SMILES string of the molecule is CCN(CCC(N)=S)Cc1ccco1. The maximum Gasteiger partial charge on any atom is 0.117 e. The molecule has 78 valence electrons. The Balaban J connectivity index is 2.35. The van der Waals surface area contributed by atoms with Gasteiger partial charge in [-0.15, -0.1) is 0 Å². The molecular formula is C10H16N2OS. The molecule has 0 saturated carbocycles. The van der Waals surface area contributed by atoms with Crippen LogP contribution in [0.25, 0.3) is 0 Å². The van der Waals surface area contributed by atoms with Crippen LogP contribution in [-0.4, -0.2) is 23.0 Å². The highest BCUT2D eigenvalue weighted by atomic mass is 32.1. The van der Waals surface area contributed by atoms with E-state index < -0.39 is 0 Å². The van der Waals surface area contributed by atoms with Gasteiger partial charge in [-0.25, -0.2) is 0 Å². The summed E-state index contributed by atoms with van der Waals surface area (Å²) in [7, 11) is 0. The molecule has 0 aliphatic heterocycles. The third-order valence-corrected chi connectivity index (χ3v) is 2.29. The number of nitrogens with zero attached hydrogens (tertiary/aromatic N) is 1. The summed E-state index contributed by atoms with van der Waals surface area (Å²) in [5.41, 5.74) is 5.45. The Labute approximate surface area is 89.9 Å². The predicted octanol–water partition coefficient (Wildman–Crippen LogP) is 1.78. The second-order valence-electron chi connectivity index (χ2n) is 3.16. The number of furan rings is 1. The number of hydrogen-bond acceptors (Lipinski definition) is 3. The molecule has 0 aliphatic carbocycles. The summed E-state index contributed by atoms with van der Waals surface area (Å²) in [5.74, 6) is 0.981. The fraction of sp³-hybridized carbons (Fsp3) is 0.500. The Bertz CT molecular complexity index is 272. The van der Waals surface area contributed by atoms with Crippen molar-refractivity contribution in [2.75, 3.05) is 13.1 Å². The number of rotatable bonds is 6. The van der Waals surface area contributed by atoms with Crippen LogP contribution >= 0.6 is 12.2 Å². The zero-order chi connectivity index (χ0) is 10.4. The first-order valence-electron chi connectivity index (χ1n) is 4.75. The molecule has 14 heavy (non-hydrogen) atoms. The van der Waals surface area contributed by atoms with Crippen LogP contribution in [0.1, 0.15) is 19.1 Å². The topological polar surface area (TPSA) is 42.4 Å². The Hall–Kier alpha value is -0.870. The van der Waals surface area contributed by atoms with Crippen LogP contribution in [0.4, 0.5) is 0 Å². The summed E-state index contributed by atoms with van der Waals surface area (Å²) in [4.78, 5) is 2.82. The predicted molar refractivity (Wildman–Crippen MR) is 61.1 cm³/mol. The summed E-state index contributed by atoms with van der Waals surface area (Å²) in [6.45, 7) is 4.81. The summed E-state index contributed by atoms with van der Waals surface area (Å²) in [6.07, 6.45) is 2.46. The molecule has 0 fully saturated rings. The van der Waals surface area contributed by atoms with Gasteiger partial charge in [-0.3, -0.25) is 4.90 Å². The highest BCUT2D eigenvalue weighted by Crippen LogP contribution is 2.05. The standard InChI is InChI=1S/C10H16N2OS/c1-2-12(6-5-10(11)14)8-9-4-3-7-13-9/h3-4,7H,2,5-6,8H2,1H3,(H2,11,14). The van der Waals surface area contributed by atoms with Crippen LogP contribution in [0.15, 0.2) is 22.8 Å². The number of nitrogens with two attached hydrogens (primary N) is 1. The van der Waals surface area contributed by atoms with E-state index in [0.29, 0.717) is 4.99 Å². The lowest BCUT2D eigenvalue weighted by Crippen LogP contribution is -2.26. The molecule has 3 nitrogen and oxygen atoms in total. The lowest BCUT2D eigenvalue weighted by molar-refractivity contribution is 0.263. The molecule has 1 rings (SSSR count). The van der Waals surface area contributed by atoms with E-state index in [4.69, 9.17) is 22.4 Å². The second-order valence-corrected chi connectivity index (χ2v) is 3.69. The van der Waals surface area contributed by atoms with Gasteiger partial charge in [0.1, 0.15) is 5.76 Å². The minimum Gasteiger partial charge on any atom is -0.468 e. The van der Waals surface area contributed by atoms with Gasteiger partial charge in [0.25, 0.3) is 0 Å². The summed E-state index contributed by atoms with van der Waals surface area (Å²) < 4.78 is 5.27. The highest BCUT2D eigenvalue weighted by molar-refractivity contribution is 7.80. The molecule has 0 aromatic carbocycles. The Morgan fingerprint density at radius 1 is 1.64 bits per heavy atom. The Morgan fingerprint density at radius 3 is 2.93 bits per heavy atom. The van der Waals surface area contributed by atoms with Crippen LogP contribution in [0.2, 0.25) is 0 Å². The van der Waals surface area contributed by atoms with Gasteiger partial charge < -0.3 is 10.2 Å². The molecule has 0 radical (unpaired) electrons. The normalized spacial score (nSPS) is 10.7. The molecule has 4 heteroatoms. The van der Waals surface area contributed by atoms with E-state index >= 15 is 0 Å². The van der Waals surface area contributed by atoms with Crippen molar-refractivity contribution in [3.8, 4) is 0 Å². The minimum atomic E-state index is 0.572. The average molecular weight is 212 g/mol. The zero-order valence-electron chi connectivity index (χ0n) is 8.40. The molecule has 2 N–H and O–H groups in total. The minimum absolute atomic E-state index is 0.572. The Kier molecular flexibility index (Phi) is 4.62.